The summed E-state index contributed by atoms with van der Waals surface area (Å²) in [6.45, 7) is 1.02. The highest BCUT2D eigenvalue weighted by Gasteiger charge is 2.26. The van der Waals surface area contributed by atoms with Crippen LogP contribution in [0.4, 0.5) is 0 Å². The molecule has 170 valence electrons. The van der Waals surface area contributed by atoms with Gasteiger partial charge in [0.2, 0.25) is 0 Å². The summed E-state index contributed by atoms with van der Waals surface area (Å²) < 4.78 is 22.3. The molecule has 0 bridgehead atoms. The molecule has 0 radical (unpaired) electrons. The topological polar surface area (TPSA) is 66.0 Å². The van der Waals surface area contributed by atoms with E-state index in [4.69, 9.17) is 25.4 Å². The highest BCUT2D eigenvalue weighted by molar-refractivity contribution is 5.76. The molecule has 0 amide bonds. The average Bonchev–Trinajstić information content (AvgIpc) is 2.85. The molecule has 2 unspecified atom stereocenters. The first-order valence-corrected chi connectivity index (χ1v) is 11.0. The van der Waals surface area contributed by atoms with Gasteiger partial charge in [-0.3, -0.25) is 4.79 Å². The fourth-order valence-electron chi connectivity index (χ4n) is 3.83. The molecule has 1 aliphatic heterocycles. The molecule has 0 aliphatic carbocycles. The van der Waals surface area contributed by atoms with Crippen molar-refractivity contribution in [3.63, 3.8) is 0 Å². The summed E-state index contributed by atoms with van der Waals surface area (Å²) in [5, 5.41) is 3.26. The zero-order valence-electron chi connectivity index (χ0n) is 18.8. The molecule has 2 atom stereocenters. The van der Waals surface area contributed by atoms with E-state index in [1.165, 1.54) is 0 Å². The highest BCUT2D eigenvalue weighted by Crippen LogP contribution is 2.31. The van der Waals surface area contributed by atoms with E-state index in [1.807, 2.05) is 42.5 Å². The Morgan fingerprint density at radius 2 is 2.00 bits per heavy atom. The van der Waals surface area contributed by atoms with Gasteiger partial charge in [-0.1, -0.05) is 30.5 Å². The predicted molar refractivity (Wildman–Crippen MR) is 123 cm³/mol. The van der Waals surface area contributed by atoms with Gasteiger partial charge in [0.25, 0.3) is 0 Å². The van der Waals surface area contributed by atoms with Gasteiger partial charge in [0.05, 0.1) is 14.2 Å². The first-order valence-electron chi connectivity index (χ1n) is 11.0. The van der Waals surface area contributed by atoms with E-state index in [2.05, 4.69) is 11.2 Å². The lowest BCUT2D eigenvalue weighted by molar-refractivity contribution is -0.153. The molecule has 1 N–H and O–H groups in total. The predicted octanol–water partition coefficient (Wildman–Crippen LogP) is 4.08. The molecule has 0 aromatic heterocycles. The van der Waals surface area contributed by atoms with Crippen molar-refractivity contribution in [3.05, 3.63) is 53.6 Å². The van der Waals surface area contributed by atoms with Crippen LogP contribution in [-0.4, -0.2) is 39.4 Å². The fraction of sp³-hybridized carbons (Fsp3) is 0.423. The van der Waals surface area contributed by atoms with E-state index < -0.39 is 6.10 Å². The Hall–Kier alpha value is -3.17. The Bertz CT molecular complexity index is 930. The second kappa shape index (κ2) is 12.0. The fourth-order valence-corrected chi connectivity index (χ4v) is 3.83. The molecule has 6 heteroatoms. The Labute approximate surface area is 190 Å². The standard InChI is InChI=1S/C26H31NO5/c1-4-16-31-21-9-7-8-20(18-21)23(32-26(28)22-10-5-6-15-27-22)13-11-19-12-14-24(29-2)25(17-19)30-3/h1,7-9,12,14,17-18,22-23,27H,5-6,10-11,13,15-16H2,2-3H3. The Morgan fingerprint density at radius 3 is 2.72 bits per heavy atom. The van der Waals surface area contributed by atoms with Crippen molar-refractivity contribution in [3.8, 4) is 29.6 Å². The second-order valence-corrected chi connectivity index (χ2v) is 7.72. The van der Waals surface area contributed by atoms with E-state index in [0.717, 1.165) is 36.9 Å². The normalized spacial score (nSPS) is 16.5. The molecule has 2 aromatic rings. The van der Waals surface area contributed by atoms with E-state index in [-0.39, 0.29) is 18.6 Å². The maximum Gasteiger partial charge on any atom is 0.323 e. The molecule has 3 rings (SSSR count). The van der Waals surface area contributed by atoms with Gasteiger partial charge in [-0.2, -0.15) is 0 Å². The molecule has 1 heterocycles. The van der Waals surface area contributed by atoms with Gasteiger partial charge in [0.15, 0.2) is 11.5 Å². The summed E-state index contributed by atoms with van der Waals surface area (Å²) in [7, 11) is 3.23. The molecule has 1 aliphatic rings. The number of benzene rings is 2. The van der Waals surface area contributed by atoms with E-state index >= 15 is 0 Å². The first kappa shape index (κ1) is 23.5. The third-order valence-electron chi connectivity index (χ3n) is 5.55. The lowest BCUT2D eigenvalue weighted by atomic mass is 10.00. The number of rotatable bonds is 10. The molecule has 0 spiro atoms. The molecule has 1 fully saturated rings. The molecule has 2 aromatic carbocycles. The number of terminal acetylenes is 1. The zero-order valence-corrected chi connectivity index (χ0v) is 18.8. The van der Waals surface area contributed by atoms with Crippen molar-refractivity contribution in [2.75, 3.05) is 27.4 Å². The summed E-state index contributed by atoms with van der Waals surface area (Å²) in [6.07, 6.45) is 9.13. The largest absolute Gasteiger partial charge is 0.493 e. The van der Waals surface area contributed by atoms with Crippen molar-refractivity contribution < 1.29 is 23.7 Å². The summed E-state index contributed by atoms with van der Waals surface area (Å²) >= 11 is 0. The van der Waals surface area contributed by atoms with Crippen LogP contribution in [-0.2, 0) is 16.0 Å². The van der Waals surface area contributed by atoms with Crippen LogP contribution in [0.1, 0.15) is 42.9 Å². The number of methoxy groups -OCH3 is 2. The van der Waals surface area contributed by atoms with Gasteiger partial charge in [0, 0.05) is 0 Å². The van der Waals surface area contributed by atoms with Gasteiger partial charge in [0.1, 0.15) is 24.5 Å². The zero-order chi connectivity index (χ0) is 22.8. The summed E-state index contributed by atoms with van der Waals surface area (Å²) in [6, 6.07) is 13.1. The van der Waals surface area contributed by atoms with Gasteiger partial charge >= 0.3 is 5.97 Å². The van der Waals surface area contributed by atoms with Crippen molar-refractivity contribution in [2.24, 2.45) is 0 Å². The molecular formula is C26H31NO5. The van der Waals surface area contributed by atoms with Gasteiger partial charge in [-0.25, -0.2) is 0 Å². The van der Waals surface area contributed by atoms with Crippen LogP contribution >= 0.6 is 0 Å². The van der Waals surface area contributed by atoms with Gasteiger partial charge in [-0.15, -0.1) is 6.42 Å². The van der Waals surface area contributed by atoms with Crippen LogP contribution in [0.5, 0.6) is 17.2 Å². The smallest absolute Gasteiger partial charge is 0.323 e. The van der Waals surface area contributed by atoms with Crippen LogP contribution in [0.15, 0.2) is 42.5 Å². The van der Waals surface area contributed by atoms with E-state index in [9.17, 15) is 4.79 Å². The van der Waals surface area contributed by atoms with Gasteiger partial charge < -0.3 is 24.3 Å². The van der Waals surface area contributed by atoms with Crippen LogP contribution in [0.2, 0.25) is 0 Å². The Balaban J connectivity index is 1.77. The second-order valence-electron chi connectivity index (χ2n) is 7.72. The lowest BCUT2D eigenvalue weighted by Gasteiger charge is -2.25. The summed E-state index contributed by atoms with van der Waals surface area (Å²) in [4.78, 5) is 12.9. The number of ether oxygens (including phenoxy) is 4. The van der Waals surface area contributed by atoms with Gasteiger partial charge in [-0.05, 0) is 67.6 Å². The Kier molecular flexibility index (Phi) is 8.82. The Morgan fingerprint density at radius 1 is 1.16 bits per heavy atom. The monoisotopic (exact) mass is 437 g/mol. The third-order valence-corrected chi connectivity index (χ3v) is 5.55. The average molecular weight is 438 g/mol. The number of carbonyl (C=O) groups excluding carboxylic acids is 1. The number of nitrogens with one attached hydrogen (secondary N) is 1. The number of esters is 1. The van der Waals surface area contributed by atoms with Crippen LogP contribution in [0, 0.1) is 12.3 Å². The van der Waals surface area contributed by atoms with Crippen LogP contribution < -0.4 is 19.5 Å². The lowest BCUT2D eigenvalue weighted by Crippen LogP contribution is -2.41. The molecule has 1 saturated heterocycles. The molecular weight excluding hydrogens is 406 g/mol. The molecule has 32 heavy (non-hydrogen) atoms. The summed E-state index contributed by atoms with van der Waals surface area (Å²) in [5.41, 5.74) is 1.95. The molecule has 0 saturated carbocycles. The van der Waals surface area contributed by atoms with Crippen molar-refractivity contribution in [1.82, 2.24) is 5.32 Å². The number of carbonyl (C=O) groups is 1. The van der Waals surface area contributed by atoms with Crippen molar-refractivity contribution >= 4 is 5.97 Å². The van der Waals surface area contributed by atoms with E-state index in [1.54, 1.807) is 14.2 Å². The van der Waals surface area contributed by atoms with Crippen LogP contribution in [0.25, 0.3) is 0 Å². The van der Waals surface area contributed by atoms with Crippen LogP contribution in [0.3, 0.4) is 0 Å². The van der Waals surface area contributed by atoms with Crippen molar-refractivity contribution in [2.45, 2.75) is 44.2 Å². The SMILES string of the molecule is C#CCOc1cccc(C(CCc2ccc(OC)c(OC)c2)OC(=O)C2CCCCN2)c1. The highest BCUT2D eigenvalue weighted by atomic mass is 16.5. The van der Waals surface area contributed by atoms with E-state index in [0.29, 0.717) is 30.1 Å². The number of aryl methyl sites for hydroxylation is 1. The number of piperidine rings is 1. The minimum absolute atomic E-state index is 0.186. The number of hydrogen-bond acceptors (Lipinski definition) is 6. The molecule has 6 nitrogen and oxygen atoms in total. The number of hydrogen-bond donors (Lipinski definition) is 1. The van der Waals surface area contributed by atoms with Crippen molar-refractivity contribution in [1.29, 1.82) is 0 Å². The maximum absolute atomic E-state index is 12.9. The quantitative estimate of drug-likeness (QED) is 0.446. The minimum atomic E-state index is -0.409. The summed E-state index contributed by atoms with van der Waals surface area (Å²) in [5.74, 6) is 4.27. The minimum Gasteiger partial charge on any atom is -0.493 e. The third kappa shape index (κ3) is 6.41. The first-order chi connectivity index (χ1) is 15.6. The maximum atomic E-state index is 12.9.